The lowest BCUT2D eigenvalue weighted by molar-refractivity contribution is 0.0929. The number of aliphatic hydroxyl groups excluding tert-OH is 2. The average molecular weight is 443 g/mol. The van der Waals surface area contributed by atoms with Crippen molar-refractivity contribution in [2.45, 2.75) is 51.2 Å². The van der Waals surface area contributed by atoms with Crippen LogP contribution in [-0.4, -0.2) is 49.7 Å². The Morgan fingerprint density at radius 1 is 1.26 bits per heavy atom. The average Bonchev–Trinajstić information content (AvgIpc) is 2.80. The molecule has 2 unspecified atom stereocenters. The van der Waals surface area contributed by atoms with Gasteiger partial charge in [-0.15, -0.1) is 0 Å². The van der Waals surface area contributed by atoms with E-state index in [-0.39, 0.29) is 17.1 Å². The van der Waals surface area contributed by atoms with Gasteiger partial charge in [0.05, 0.1) is 18.5 Å². The molecule has 0 bridgehead atoms. The molecular formula is C24H30N2O4S. The van der Waals surface area contributed by atoms with E-state index in [1.807, 2.05) is 24.3 Å². The van der Waals surface area contributed by atoms with Gasteiger partial charge in [0.15, 0.2) is 9.84 Å². The summed E-state index contributed by atoms with van der Waals surface area (Å²) in [7, 11) is -3.84. The van der Waals surface area contributed by atoms with E-state index >= 15 is 0 Å². The van der Waals surface area contributed by atoms with Crippen LogP contribution in [0.4, 0.5) is 5.69 Å². The molecule has 0 saturated carbocycles. The molecule has 0 amide bonds. The maximum Gasteiger partial charge on any atom is 0.188 e. The zero-order valence-electron chi connectivity index (χ0n) is 17.9. The van der Waals surface area contributed by atoms with Crippen LogP contribution in [-0.2, 0) is 9.84 Å². The van der Waals surface area contributed by atoms with Gasteiger partial charge in [-0.05, 0) is 72.7 Å². The van der Waals surface area contributed by atoms with Gasteiger partial charge in [0.25, 0.3) is 0 Å². The van der Waals surface area contributed by atoms with E-state index in [2.05, 4.69) is 24.0 Å². The maximum atomic E-state index is 12.4. The second kappa shape index (κ2) is 10.3. The first kappa shape index (κ1) is 23.3. The topological polar surface area (TPSA) is 102 Å². The smallest absolute Gasteiger partial charge is 0.188 e. The van der Waals surface area contributed by atoms with Gasteiger partial charge in [-0.25, -0.2) is 8.42 Å². The molecule has 2 N–H and O–H groups in total. The lowest BCUT2D eigenvalue weighted by atomic mass is 9.98. The van der Waals surface area contributed by atoms with E-state index in [9.17, 15) is 18.8 Å². The Kier molecular flexibility index (Phi) is 7.71. The summed E-state index contributed by atoms with van der Waals surface area (Å²) < 4.78 is 24.9. The standard InChI is InChI=1S/C24H30N2O4S/c1-2-21-5-3-4-11-26(21)22-9-8-19-13-18(6-7-20(19)15-22)14-24(16-25)31(29,30)12-10-23(28)17-27/h6-9,13-15,21,23,27-28H,2-5,10-12,17H2,1H3/b24-14+. The summed E-state index contributed by atoms with van der Waals surface area (Å²) in [6.45, 7) is 2.79. The second-order valence-electron chi connectivity index (χ2n) is 8.11. The van der Waals surface area contributed by atoms with Gasteiger partial charge in [0.2, 0.25) is 0 Å². The monoisotopic (exact) mass is 442 g/mol. The third kappa shape index (κ3) is 5.65. The van der Waals surface area contributed by atoms with Crippen LogP contribution in [0.1, 0.15) is 44.6 Å². The number of benzene rings is 2. The van der Waals surface area contributed by atoms with Crippen molar-refractivity contribution >= 4 is 32.4 Å². The Hall–Kier alpha value is -2.40. The van der Waals surface area contributed by atoms with Gasteiger partial charge in [-0.3, -0.25) is 0 Å². The molecule has 7 heteroatoms. The Balaban J connectivity index is 1.86. The van der Waals surface area contributed by atoms with Gasteiger partial charge in [-0.2, -0.15) is 5.26 Å². The van der Waals surface area contributed by atoms with Crippen molar-refractivity contribution in [3.8, 4) is 6.07 Å². The summed E-state index contributed by atoms with van der Waals surface area (Å²) in [6, 6.07) is 14.3. The highest BCUT2D eigenvalue weighted by atomic mass is 32.2. The zero-order valence-corrected chi connectivity index (χ0v) is 18.7. The minimum atomic E-state index is -3.84. The fourth-order valence-electron chi connectivity index (χ4n) is 4.12. The predicted molar refractivity (Wildman–Crippen MR) is 124 cm³/mol. The van der Waals surface area contributed by atoms with Crippen LogP contribution in [0, 0.1) is 11.3 Å². The molecule has 1 saturated heterocycles. The number of hydrogen-bond donors (Lipinski definition) is 2. The molecule has 1 aliphatic rings. The Morgan fingerprint density at radius 3 is 2.71 bits per heavy atom. The molecule has 2 aromatic carbocycles. The van der Waals surface area contributed by atoms with Crippen LogP contribution < -0.4 is 4.90 Å². The molecule has 31 heavy (non-hydrogen) atoms. The fourth-order valence-corrected chi connectivity index (χ4v) is 5.38. The Morgan fingerprint density at radius 2 is 2.00 bits per heavy atom. The number of sulfone groups is 1. The van der Waals surface area contributed by atoms with Gasteiger partial charge < -0.3 is 15.1 Å². The third-order valence-electron chi connectivity index (χ3n) is 5.95. The molecule has 2 atom stereocenters. The molecule has 3 rings (SSSR count). The van der Waals surface area contributed by atoms with Gasteiger partial charge in [0.1, 0.15) is 11.0 Å². The molecule has 0 radical (unpaired) electrons. The van der Waals surface area contributed by atoms with Crippen molar-refractivity contribution in [1.29, 1.82) is 5.26 Å². The largest absolute Gasteiger partial charge is 0.394 e. The summed E-state index contributed by atoms with van der Waals surface area (Å²) in [5.41, 5.74) is 1.84. The highest BCUT2D eigenvalue weighted by Crippen LogP contribution is 2.30. The van der Waals surface area contributed by atoms with Crippen molar-refractivity contribution in [1.82, 2.24) is 0 Å². The second-order valence-corrected chi connectivity index (χ2v) is 10.2. The van der Waals surface area contributed by atoms with Crippen molar-refractivity contribution in [2.75, 3.05) is 23.8 Å². The number of nitrogens with zero attached hydrogens (tertiary/aromatic N) is 2. The highest BCUT2D eigenvalue weighted by molar-refractivity contribution is 7.95. The van der Waals surface area contributed by atoms with Crippen LogP contribution in [0.25, 0.3) is 16.8 Å². The first-order valence-electron chi connectivity index (χ1n) is 10.8. The number of anilines is 1. The SMILES string of the molecule is CCC1CCCCN1c1ccc2cc(/C=C(\C#N)S(=O)(=O)CCC(O)CO)ccc2c1. The number of fused-ring (bicyclic) bond motifs is 1. The molecule has 0 aliphatic carbocycles. The molecule has 1 aliphatic heterocycles. The van der Waals surface area contributed by atoms with E-state index in [0.717, 1.165) is 23.7 Å². The van der Waals surface area contributed by atoms with Crippen LogP contribution in [0.3, 0.4) is 0 Å². The van der Waals surface area contributed by atoms with Gasteiger partial charge in [0, 0.05) is 18.3 Å². The molecule has 6 nitrogen and oxygen atoms in total. The Labute approximate surface area is 184 Å². The molecular weight excluding hydrogens is 412 g/mol. The van der Waals surface area contributed by atoms with Crippen molar-refractivity contribution in [3.63, 3.8) is 0 Å². The highest BCUT2D eigenvalue weighted by Gasteiger charge is 2.22. The summed E-state index contributed by atoms with van der Waals surface area (Å²) in [4.78, 5) is 2.14. The number of piperidine rings is 1. The molecule has 2 aromatic rings. The van der Waals surface area contributed by atoms with E-state index in [0.29, 0.717) is 11.6 Å². The normalized spacial score (nSPS) is 18.7. The maximum absolute atomic E-state index is 12.4. The number of aliphatic hydroxyl groups is 2. The lowest BCUT2D eigenvalue weighted by Gasteiger charge is -2.37. The molecule has 1 heterocycles. The molecule has 0 aromatic heterocycles. The van der Waals surface area contributed by atoms with Gasteiger partial charge in [-0.1, -0.05) is 25.1 Å². The summed E-state index contributed by atoms with van der Waals surface area (Å²) >= 11 is 0. The number of rotatable bonds is 8. The summed E-state index contributed by atoms with van der Waals surface area (Å²) in [5, 5.41) is 29.7. The summed E-state index contributed by atoms with van der Waals surface area (Å²) in [5.74, 6) is -0.389. The lowest BCUT2D eigenvalue weighted by Crippen LogP contribution is -2.39. The minimum absolute atomic E-state index is 0.117. The first-order valence-corrected chi connectivity index (χ1v) is 12.5. The Bertz CT molecular complexity index is 1090. The molecule has 0 spiro atoms. The molecule has 166 valence electrons. The van der Waals surface area contributed by atoms with E-state index in [1.54, 1.807) is 6.07 Å². The van der Waals surface area contributed by atoms with Crippen LogP contribution in [0.5, 0.6) is 0 Å². The minimum Gasteiger partial charge on any atom is -0.394 e. The zero-order chi connectivity index (χ0) is 22.4. The van der Waals surface area contributed by atoms with Crippen molar-refractivity contribution < 1.29 is 18.6 Å². The van der Waals surface area contributed by atoms with E-state index in [1.165, 1.54) is 31.0 Å². The number of hydrogen-bond acceptors (Lipinski definition) is 6. The van der Waals surface area contributed by atoms with Crippen LogP contribution >= 0.6 is 0 Å². The number of allylic oxidation sites excluding steroid dienone is 1. The van der Waals surface area contributed by atoms with Gasteiger partial charge >= 0.3 is 0 Å². The predicted octanol–water partition coefficient (Wildman–Crippen LogP) is 3.63. The van der Waals surface area contributed by atoms with E-state index in [4.69, 9.17) is 5.11 Å². The van der Waals surface area contributed by atoms with E-state index < -0.39 is 22.5 Å². The van der Waals surface area contributed by atoms with Crippen molar-refractivity contribution in [3.05, 3.63) is 46.9 Å². The quantitative estimate of drug-likeness (QED) is 0.606. The van der Waals surface area contributed by atoms with Crippen LogP contribution in [0.2, 0.25) is 0 Å². The number of nitriles is 1. The molecule has 1 fully saturated rings. The fraction of sp³-hybridized carbons (Fsp3) is 0.458. The summed E-state index contributed by atoms with van der Waals surface area (Å²) in [6.07, 6.45) is 4.97. The van der Waals surface area contributed by atoms with Crippen LogP contribution in [0.15, 0.2) is 41.3 Å². The first-order chi connectivity index (χ1) is 14.9. The third-order valence-corrected chi connectivity index (χ3v) is 7.60. The van der Waals surface area contributed by atoms with Crippen molar-refractivity contribution in [2.24, 2.45) is 0 Å².